The molecule has 4 heteroatoms. The molecule has 0 spiro atoms. The number of nitrogens with zero attached hydrogens (tertiary/aromatic N) is 3. The summed E-state index contributed by atoms with van der Waals surface area (Å²) in [6, 6.07) is 8.49. The number of fused-ring (bicyclic) bond motifs is 1. The summed E-state index contributed by atoms with van der Waals surface area (Å²) in [6.07, 6.45) is 4.81. The van der Waals surface area contributed by atoms with Crippen LogP contribution in [0.3, 0.4) is 0 Å². The molecule has 1 unspecified atom stereocenters. The highest BCUT2D eigenvalue weighted by atomic mass is 16.3. The van der Waals surface area contributed by atoms with Crippen LogP contribution < -0.4 is 0 Å². The number of aryl methyl sites for hydroxylation is 1. The van der Waals surface area contributed by atoms with Crippen LogP contribution in [0, 0.1) is 5.92 Å². The minimum Gasteiger partial charge on any atom is -0.392 e. The van der Waals surface area contributed by atoms with Gasteiger partial charge in [-0.1, -0.05) is 31.2 Å². The predicted octanol–water partition coefficient (Wildman–Crippen LogP) is 2.01. The Morgan fingerprint density at radius 3 is 2.65 bits per heavy atom. The number of rotatable bonds is 5. The van der Waals surface area contributed by atoms with Crippen molar-refractivity contribution in [3.63, 3.8) is 0 Å². The molecular weight excluding hydrogens is 250 g/mol. The molecule has 0 radical (unpaired) electrons. The average molecular weight is 271 g/mol. The maximum absolute atomic E-state index is 10.5. The molecule has 2 aromatic rings. The fourth-order valence-electron chi connectivity index (χ4n) is 3.06. The first-order valence-electron chi connectivity index (χ1n) is 7.39. The lowest BCUT2D eigenvalue weighted by molar-refractivity contribution is 0.109. The zero-order valence-corrected chi connectivity index (χ0v) is 11.9. The standard InChI is InChI=1S/C16H21N3O/c1-2-7-19-16(17-11-18-19)10-15(20)14-8-12-5-3-4-6-13(12)9-14/h3-6,11,14-15,20H,2,7-10H2,1H3. The molecule has 0 aliphatic heterocycles. The van der Waals surface area contributed by atoms with Crippen molar-refractivity contribution in [3.8, 4) is 0 Å². The van der Waals surface area contributed by atoms with E-state index in [4.69, 9.17) is 0 Å². The van der Waals surface area contributed by atoms with Crippen LogP contribution in [0.4, 0.5) is 0 Å². The molecule has 0 saturated carbocycles. The van der Waals surface area contributed by atoms with E-state index in [1.165, 1.54) is 11.1 Å². The topological polar surface area (TPSA) is 50.9 Å². The van der Waals surface area contributed by atoms with Crippen molar-refractivity contribution in [2.24, 2.45) is 5.92 Å². The Balaban J connectivity index is 1.66. The number of hydrogen-bond acceptors (Lipinski definition) is 3. The number of aliphatic hydroxyl groups is 1. The highest BCUT2D eigenvalue weighted by Crippen LogP contribution is 2.29. The fourth-order valence-corrected chi connectivity index (χ4v) is 3.06. The Morgan fingerprint density at radius 1 is 1.30 bits per heavy atom. The van der Waals surface area contributed by atoms with E-state index in [1.807, 2.05) is 4.68 Å². The van der Waals surface area contributed by atoms with Gasteiger partial charge in [-0.3, -0.25) is 4.68 Å². The third kappa shape index (κ3) is 2.61. The molecule has 1 heterocycles. The van der Waals surface area contributed by atoms with Crippen LogP contribution in [0.2, 0.25) is 0 Å². The molecule has 1 aliphatic carbocycles. The first-order valence-corrected chi connectivity index (χ1v) is 7.39. The SMILES string of the molecule is CCCn1ncnc1CC(O)C1Cc2ccccc2C1. The van der Waals surface area contributed by atoms with Gasteiger partial charge < -0.3 is 5.11 Å². The molecule has 3 rings (SSSR count). The molecule has 4 nitrogen and oxygen atoms in total. The smallest absolute Gasteiger partial charge is 0.138 e. The van der Waals surface area contributed by atoms with E-state index >= 15 is 0 Å². The minimum absolute atomic E-state index is 0.305. The van der Waals surface area contributed by atoms with Crippen molar-refractivity contribution < 1.29 is 5.11 Å². The van der Waals surface area contributed by atoms with Crippen LogP contribution in [0.25, 0.3) is 0 Å². The van der Waals surface area contributed by atoms with Gasteiger partial charge in [-0.05, 0) is 36.3 Å². The van der Waals surface area contributed by atoms with Crippen molar-refractivity contribution in [2.45, 2.75) is 45.3 Å². The van der Waals surface area contributed by atoms with E-state index in [0.717, 1.165) is 31.6 Å². The Morgan fingerprint density at radius 2 is 2.00 bits per heavy atom. The van der Waals surface area contributed by atoms with E-state index in [2.05, 4.69) is 41.3 Å². The molecule has 20 heavy (non-hydrogen) atoms. The average Bonchev–Trinajstić information content (AvgIpc) is 3.06. The third-order valence-corrected chi connectivity index (χ3v) is 4.15. The second-order valence-corrected chi connectivity index (χ2v) is 5.61. The van der Waals surface area contributed by atoms with E-state index < -0.39 is 0 Å². The minimum atomic E-state index is -0.345. The number of benzene rings is 1. The van der Waals surface area contributed by atoms with Gasteiger partial charge >= 0.3 is 0 Å². The second kappa shape index (κ2) is 5.75. The molecule has 1 aliphatic rings. The van der Waals surface area contributed by atoms with E-state index in [9.17, 15) is 5.11 Å². The first-order chi connectivity index (χ1) is 9.78. The van der Waals surface area contributed by atoms with Crippen molar-refractivity contribution in [1.29, 1.82) is 0 Å². The van der Waals surface area contributed by atoms with Crippen molar-refractivity contribution in [2.75, 3.05) is 0 Å². The normalized spacial score (nSPS) is 16.3. The molecule has 0 bridgehead atoms. The van der Waals surface area contributed by atoms with E-state index in [0.29, 0.717) is 12.3 Å². The van der Waals surface area contributed by atoms with Crippen LogP contribution in [-0.2, 0) is 25.8 Å². The quantitative estimate of drug-likeness (QED) is 0.905. The zero-order valence-electron chi connectivity index (χ0n) is 11.9. The monoisotopic (exact) mass is 271 g/mol. The lowest BCUT2D eigenvalue weighted by Crippen LogP contribution is -2.25. The van der Waals surface area contributed by atoms with Crippen LogP contribution >= 0.6 is 0 Å². The Bertz CT molecular complexity index is 554. The van der Waals surface area contributed by atoms with Crippen LogP contribution in [-0.4, -0.2) is 26.0 Å². The molecule has 1 N–H and O–H groups in total. The largest absolute Gasteiger partial charge is 0.392 e. The summed E-state index contributed by atoms with van der Waals surface area (Å²) in [5.41, 5.74) is 2.76. The number of aliphatic hydroxyl groups excluding tert-OH is 1. The van der Waals surface area contributed by atoms with Crippen LogP contribution in [0.5, 0.6) is 0 Å². The fraction of sp³-hybridized carbons (Fsp3) is 0.500. The summed E-state index contributed by atoms with van der Waals surface area (Å²) in [5, 5.41) is 14.7. The summed E-state index contributed by atoms with van der Waals surface area (Å²) in [6.45, 7) is 2.99. The molecule has 1 atom stereocenters. The van der Waals surface area contributed by atoms with Gasteiger partial charge in [0.15, 0.2) is 0 Å². The maximum Gasteiger partial charge on any atom is 0.138 e. The Kier molecular flexibility index (Phi) is 3.83. The third-order valence-electron chi connectivity index (χ3n) is 4.15. The van der Waals surface area contributed by atoms with E-state index in [-0.39, 0.29) is 6.10 Å². The zero-order chi connectivity index (χ0) is 13.9. The first kappa shape index (κ1) is 13.3. The second-order valence-electron chi connectivity index (χ2n) is 5.61. The molecule has 0 fully saturated rings. The summed E-state index contributed by atoms with van der Waals surface area (Å²) in [5.74, 6) is 1.20. The highest BCUT2D eigenvalue weighted by molar-refractivity contribution is 5.32. The Hall–Kier alpha value is -1.68. The number of aromatic nitrogens is 3. The Labute approximate surface area is 119 Å². The van der Waals surface area contributed by atoms with Gasteiger partial charge in [0, 0.05) is 13.0 Å². The van der Waals surface area contributed by atoms with Crippen LogP contribution in [0.15, 0.2) is 30.6 Å². The van der Waals surface area contributed by atoms with E-state index in [1.54, 1.807) is 6.33 Å². The summed E-state index contributed by atoms with van der Waals surface area (Å²) in [4.78, 5) is 4.29. The van der Waals surface area contributed by atoms with Gasteiger partial charge in [-0.15, -0.1) is 0 Å². The summed E-state index contributed by atoms with van der Waals surface area (Å²) in [7, 11) is 0. The molecular formula is C16H21N3O. The number of hydrogen-bond donors (Lipinski definition) is 1. The van der Waals surface area contributed by atoms with Crippen LogP contribution in [0.1, 0.15) is 30.3 Å². The lowest BCUT2D eigenvalue weighted by Gasteiger charge is -2.17. The van der Waals surface area contributed by atoms with Crippen molar-refractivity contribution in [3.05, 3.63) is 47.5 Å². The molecule has 106 valence electrons. The van der Waals surface area contributed by atoms with Gasteiger partial charge in [-0.2, -0.15) is 5.10 Å². The molecule has 0 saturated heterocycles. The highest BCUT2D eigenvalue weighted by Gasteiger charge is 2.28. The van der Waals surface area contributed by atoms with Gasteiger partial charge in [0.05, 0.1) is 6.10 Å². The van der Waals surface area contributed by atoms with Gasteiger partial charge in [0.1, 0.15) is 12.2 Å². The molecule has 1 aromatic carbocycles. The predicted molar refractivity (Wildman–Crippen MR) is 77.4 cm³/mol. The summed E-state index contributed by atoms with van der Waals surface area (Å²) >= 11 is 0. The summed E-state index contributed by atoms with van der Waals surface area (Å²) < 4.78 is 1.91. The lowest BCUT2D eigenvalue weighted by atomic mass is 9.96. The van der Waals surface area contributed by atoms with Crippen molar-refractivity contribution in [1.82, 2.24) is 14.8 Å². The molecule has 1 aromatic heterocycles. The van der Waals surface area contributed by atoms with Crippen molar-refractivity contribution >= 4 is 0 Å². The maximum atomic E-state index is 10.5. The van der Waals surface area contributed by atoms with Gasteiger partial charge in [0.25, 0.3) is 0 Å². The van der Waals surface area contributed by atoms with Gasteiger partial charge in [0.2, 0.25) is 0 Å². The van der Waals surface area contributed by atoms with Gasteiger partial charge in [-0.25, -0.2) is 4.98 Å². The molecule has 0 amide bonds.